The number of likely N-dealkylation sites (tertiary alicyclic amines) is 1. The van der Waals surface area contributed by atoms with E-state index in [-0.39, 0.29) is 6.61 Å². The highest BCUT2D eigenvalue weighted by atomic mass is 16.5. The molecule has 1 aliphatic heterocycles. The summed E-state index contributed by atoms with van der Waals surface area (Å²) in [6.07, 6.45) is 1.06. The molecule has 1 atom stereocenters. The SMILES string of the molecule is CC(C)c1noc(CN2CCC(CO)C2)n1. The molecule has 1 aromatic heterocycles. The van der Waals surface area contributed by atoms with Crippen LogP contribution in [0.4, 0.5) is 0 Å². The molecular weight excluding hydrogens is 206 g/mol. The van der Waals surface area contributed by atoms with Crippen LogP contribution < -0.4 is 0 Å². The fourth-order valence-electron chi connectivity index (χ4n) is 1.96. The van der Waals surface area contributed by atoms with Crippen LogP contribution in [0.25, 0.3) is 0 Å². The topological polar surface area (TPSA) is 62.4 Å². The standard InChI is InChI=1S/C11H19N3O2/c1-8(2)11-12-10(16-13-11)6-14-4-3-9(5-14)7-15/h8-9,15H,3-7H2,1-2H3. The van der Waals surface area contributed by atoms with Gasteiger partial charge in [0.15, 0.2) is 5.82 Å². The van der Waals surface area contributed by atoms with E-state index in [1.165, 1.54) is 0 Å². The molecule has 0 aromatic carbocycles. The van der Waals surface area contributed by atoms with E-state index in [0.717, 1.165) is 25.3 Å². The minimum atomic E-state index is 0.275. The lowest BCUT2D eigenvalue weighted by atomic mass is 10.1. The van der Waals surface area contributed by atoms with Crippen molar-refractivity contribution >= 4 is 0 Å². The lowest BCUT2D eigenvalue weighted by Crippen LogP contribution is -2.21. The van der Waals surface area contributed by atoms with Crippen LogP contribution in [-0.2, 0) is 6.54 Å². The van der Waals surface area contributed by atoms with Crippen molar-refractivity contribution in [1.82, 2.24) is 15.0 Å². The van der Waals surface area contributed by atoms with Crippen molar-refractivity contribution in [2.24, 2.45) is 5.92 Å². The van der Waals surface area contributed by atoms with Gasteiger partial charge in [0.25, 0.3) is 0 Å². The van der Waals surface area contributed by atoms with E-state index < -0.39 is 0 Å². The first kappa shape index (κ1) is 11.5. The molecule has 2 rings (SSSR count). The first-order valence-electron chi connectivity index (χ1n) is 5.84. The Hall–Kier alpha value is -0.940. The van der Waals surface area contributed by atoms with E-state index in [9.17, 15) is 0 Å². The van der Waals surface area contributed by atoms with E-state index in [4.69, 9.17) is 9.63 Å². The second-order valence-electron chi connectivity index (χ2n) is 4.77. The minimum absolute atomic E-state index is 0.275. The van der Waals surface area contributed by atoms with E-state index in [0.29, 0.717) is 24.3 Å². The van der Waals surface area contributed by atoms with Crippen molar-refractivity contribution in [1.29, 1.82) is 0 Å². The van der Waals surface area contributed by atoms with Crippen LogP contribution in [0, 0.1) is 5.92 Å². The fourth-order valence-corrected chi connectivity index (χ4v) is 1.96. The van der Waals surface area contributed by atoms with Gasteiger partial charge < -0.3 is 9.63 Å². The second kappa shape index (κ2) is 4.93. The molecule has 1 aliphatic rings. The third-order valence-electron chi connectivity index (χ3n) is 2.99. The maximum atomic E-state index is 9.05. The number of nitrogens with zero attached hydrogens (tertiary/aromatic N) is 3. The minimum Gasteiger partial charge on any atom is -0.396 e. The molecule has 2 heterocycles. The van der Waals surface area contributed by atoms with Crippen molar-refractivity contribution in [2.75, 3.05) is 19.7 Å². The molecule has 90 valence electrons. The van der Waals surface area contributed by atoms with Crippen LogP contribution in [0.1, 0.15) is 37.9 Å². The predicted octanol–water partition coefficient (Wildman–Crippen LogP) is 1.01. The van der Waals surface area contributed by atoms with Gasteiger partial charge in [-0.15, -0.1) is 0 Å². The monoisotopic (exact) mass is 225 g/mol. The Morgan fingerprint density at radius 2 is 2.38 bits per heavy atom. The third kappa shape index (κ3) is 2.59. The van der Waals surface area contributed by atoms with Gasteiger partial charge in [-0.05, 0) is 18.9 Å². The van der Waals surface area contributed by atoms with Crippen molar-refractivity contribution in [3.05, 3.63) is 11.7 Å². The van der Waals surface area contributed by atoms with Crippen LogP contribution >= 0.6 is 0 Å². The lowest BCUT2D eigenvalue weighted by molar-refractivity contribution is 0.211. The summed E-state index contributed by atoms with van der Waals surface area (Å²) in [5.74, 6) is 2.17. The number of rotatable bonds is 4. The van der Waals surface area contributed by atoms with Crippen LogP contribution in [0.15, 0.2) is 4.52 Å². The number of aliphatic hydroxyl groups excluding tert-OH is 1. The summed E-state index contributed by atoms with van der Waals surface area (Å²) >= 11 is 0. The largest absolute Gasteiger partial charge is 0.396 e. The molecule has 0 saturated carbocycles. The van der Waals surface area contributed by atoms with Gasteiger partial charge in [-0.3, -0.25) is 4.90 Å². The summed E-state index contributed by atoms with van der Waals surface area (Å²) in [4.78, 5) is 6.59. The molecule has 5 heteroatoms. The summed E-state index contributed by atoms with van der Waals surface area (Å²) in [6.45, 7) is 7.01. The highest BCUT2D eigenvalue weighted by Crippen LogP contribution is 2.18. The summed E-state index contributed by atoms with van der Waals surface area (Å²) < 4.78 is 5.19. The van der Waals surface area contributed by atoms with Crippen LogP contribution in [0.5, 0.6) is 0 Å². The molecule has 1 fully saturated rings. The molecule has 1 aromatic rings. The summed E-state index contributed by atoms with van der Waals surface area (Å²) in [6, 6.07) is 0. The summed E-state index contributed by atoms with van der Waals surface area (Å²) in [5.41, 5.74) is 0. The lowest BCUT2D eigenvalue weighted by Gasteiger charge is -2.11. The molecule has 0 aliphatic carbocycles. The van der Waals surface area contributed by atoms with Crippen LogP contribution in [0.3, 0.4) is 0 Å². The zero-order chi connectivity index (χ0) is 11.5. The van der Waals surface area contributed by atoms with Crippen molar-refractivity contribution < 1.29 is 9.63 Å². The number of aromatic nitrogens is 2. The zero-order valence-electron chi connectivity index (χ0n) is 9.89. The van der Waals surface area contributed by atoms with Gasteiger partial charge in [0, 0.05) is 19.1 Å². The maximum absolute atomic E-state index is 9.05. The average Bonchev–Trinajstić information content (AvgIpc) is 2.87. The van der Waals surface area contributed by atoms with Crippen molar-refractivity contribution in [3.8, 4) is 0 Å². The van der Waals surface area contributed by atoms with Gasteiger partial charge >= 0.3 is 0 Å². The Labute approximate surface area is 95.4 Å². The second-order valence-corrected chi connectivity index (χ2v) is 4.77. The zero-order valence-corrected chi connectivity index (χ0v) is 9.89. The number of hydrogen-bond donors (Lipinski definition) is 1. The molecular formula is C11H19N3O2. The number of aliphatic hydroxyl groups is 1. The van der Waals surface area contributed by atoms with Gasteiger partial charge in [-0.1, -0.05) is 19.0 Å². The van der Waals surface area contributed by atoms with Gasteiger partial charge in [0.1, 0.15) is 0 Å². The maximum Gasteiger partial charge on any atom is 0.240 e. The molecule has 1 N–H and O–H groups in total. The number of hydrogen-bond acceptors (Lipinski definition) is 5. The first-order chi connectivity index (χ1) is 7.69. The Kier molecular flexibility index (Phi) is 3.56. The Morgan fingerprint density at radius 3 is 2.94 bits per heavy atom. The normalized spacial score (nSPS) is 22.1. The van der Waals surface area contributed by atoms with Gasteiger partial charge in [-0.2, -0.15) is 4.98 Å². The van der Waals surface area contributed by atoms with Crippen molar-refractivity contribution in [2.45, 2.75) is 32.7 Å². The van der Waals surface area contributed by atoms with Crippen molar-refractivity contribution in [3.63, 3.8) is 0 Å². The predicted molar refractivity (Wildman–Crippen MR) is 58.9 cm³/mol. The van der Waals surface area contributed by atoms with Crippen LogP contribution in [0.2, 0.25) is 0 Å². The molecule has 1 unspecified atom stereocenters. The smallest absolute Gasteiger partial charge is 0.240 e. The van der Waals surface area contributed by atoms with E-state index >= 15 is 0 Å². The molecule has 0 spiro atoms. The van der Waals surface area contributed by atoms with E-state index in [1.54, 1.807) is 0 Å². The first-order valence-corrected chi connectivity index (χ1v) is 5.84. The fraction of sp³-hybridized carbons (Fsp3) is 0.818. The third-order valence-corrected chi connectivity index (χ3v) is 2.99. The summed E-state index contributed by atoms with van der Waals surface area (Å²) in [5, 5.41) is 13.0. The Balaban J connectivity index is 1.89. The van der Waals surface area contributed by atoms with E-state index in [1.807, 2.05) is 13.8 Å². The highest BCUT2D eigenvalue weighted by molar-refractivity contribution is 4.92. The Bertz CT molecular complexity index is 338. The highest BCUT2D eigenvalue weighted by Gasteiger charge is 2.23. The summed E-state index contributed by atoms with van der Waals surface area (Å²) in [7, 11) is 0. The Morgan fingerprint density at radius 1 is 1.56 bits per heavy atom. The molecule has 16 heavy (non-hydrogen) atoms. The molecule has 0 radical (unpaired) electrons. The van der Waals surface area contributed by atoms with E-state index in [2.05, 4.69) is 15.0 Å². The molecule has 0 bridgehead atoms. The molecule has 0 amide bonds. The molecule has 1 saturated heterocycles. The van der Waals surface area contributed by atoms with Gasteiger partial charge in [0.2, 0.25) is 5.89 Å². The molecule has 5 nitrogen and oxygen atoms in total. The van der Waals surface area contributed by atoms with Gasteiger partial charge in [0.05, 0.1) is 6.54 Å². The van der Waals surface area contributed by atoms with Crippen LogP contribution in [-0.4, -0.2) is 39.8 Å². The van der Waals surface area contributed by atoms with Gasteiger partial charge in [-0.25, -0.2) is 0 Å². The quantitative estimate of drug-likeness (QED) is 0.828. The average molecular weight is 225 g/mol.